The summed E-state index contributed by atoms with van der Waals surface area (Å²) in [6, 6.07) is 3.68. The standard InChI is InChI=1S/C12H18N4O4S/c1-9-8-15(6-5-14(9)2)21(19,20)10-3-4-11(13)12(7-10)16(17)18/h3-4,7,9H,5-6,8,13H2,1-2H3. The van der Waals surface area contributed by atoms with E-state index in [-0.39, 0.29) is 16.6 Å². The van der Waals surface area contributed by atoms with Gasteiger partial charge in [0.2, 0.25) is 10.0 Å². The Morgan fingerprint density at radius 1 is 1.38 bits per heavy atom. The van der Waals surface area contributed by atoms with E-state index in [2.05, 4.69) is 4.90 Å². The Kier molecular flexibility index (Phi) is 4.17. The molecule has 116 valence electrons. The summed E-state index contributed by atoms with van der Waals surface area (Å²) in [4.78, 5) is 12.2. The molecule has 1 unspecified atom stereocenters. The Morgan fingerprint density at radius 3 is 2.62 bits per heavy atom. The third-order valence-corrected chi connectivity index (χ3v) is 5.62. The van der Waals surface area contributed by atoms with E-state index in [1.54, 1.807) is 0 Å². The molecule has 1 aliphatic rings. The molecule has 9 heteroatoms. The zero-order chi connectivity index (χ0) is 15.8. The second-order valence-corrected chi connectivity index (χ2v) is 7.11. The van der Waals surface area contributed by atoms with E-state index < -0.39 is 20.6 Å². The van der Waals surface area contributed by atoms with E-state index in [4.69, 9.17) is 5.73 Å². The Morgan fingerprint density at radius 2 is 2.05 bits per heavy atom. The van der Waals surface area contributed by atoms with Crippen molar-refractivity contribution in [3.63, 3.8) is 0 Å². The van der Waals surface area contributed by atoms with Crippen molar-refractivity contribution in [2.24, 2.45) is 0 Å². The molecule has 0 bridgehead atoms. The second-order valence-electron chi connectivity index (χ2n) is 5.17. The summed E-state index contributed by atoms with van der Waals surface area (Å²) in [5.41, 5.74) is 5.05. The van der Waals surface area contributed by atoms with Crippen LogP contribution >= 0.6 is 0 Å². The summed E-state index contributed by atoms with van der Waals surface area (Å²) < 4.78 is 26.5. The highest BCUT2D eigenvalue weighted by Crippen LogP contribution is 2.27. The smallest absolute Gasteiger partial charge is 0.293 e. The number of nitrogen functional groups attached to an aromatic ring is 1. The van der Waals surface area contributed by atoms with Gasteiger partial charge < -0.3 is 10.6 Å². The average Bonchev–Trinajstić information content (AvgIpc) is 2.41. The average molecular weight is 314 g/mol. The van der Waals surface area contributed by atoms with Crippen molar-refractivity contribution in [3.8, 4) is 0 Å². The first-order chi connectivity index (χ1) is 9.73. The second kappa shape index (κ2) is 5.58. The molecule has 0 amide bonds. The summed E-state index contributed by atoms with van der Waals surface area (Å²) in [5, 5.41) is 10.9. The maximum atomic E-state index is 12.6. The molecule has 2 N–H and O–H groups in total. The first-order valence-corrected chi connectivity index (χ1v) is 7.92. The minimum absolute atomic E-state index is 0.0503. The number of piperazine rings is 1. The van der Waals surface area contributed by atoms with Gasteiger partial charge in [-0.3, -0.25) is 10.1 Å². The van der Waals surface area contributed by atoms with Crippen molar-refractivity contribution in [1.29, 1.82) is 0 Å². The van der Waals surface area contributed by atoms with Gasteiger partial charge >= 0.3 is 0 Å². The summed E-state index contributed by atoms with van der Waals surface area (Å²) in [6.07, 6.45) is 0. The maximum absolute atomic E-state index is 12.6. The molecule has 1 aromatic carbocycles. The zero-order valence-corrected chi connectivity index (χ0v) is 12.7. The van der Waals surface area contributed by atoms with Gasteiger partial charge in [0.15, 0.2) is 0 Å². The van der Waals surface area contributed by atoms with E-state index in [0.29, 0.717) is 19.6 Å². The molecule has 1 aromatic rings. The van der Waals surface area contributed by atoms with Gasteiger partial charge in [0, 0.05) is 31.7 Å². The van der Waals surface area contributed by atoms with Gasteiger partial charge in [-0.25, -0.2) is 8.42 Å². The van der Waals surface area contributed by atoms with Crippen molar-refractivity contribution in [2.75, 3.05) is 32.4 Å². The number of nitro groups is 1. The van der Waals surface area contributed by atoms with Crippen molar-refractivity contribution in [3.05, 3.63) is 28.3 Å². The van der Waals surface area contributed by atoms with Crippen LogP contribution in [0.5, 0.6) is 0 Å². The molecular weight excluding hydrogens is 296 g/mol. The number of sulfonamides is 1. The van der Waals surface area contributed by atoms with Crippen LogP contribution in [0.4, 0.5) is 11.4 Å². The molecule has 1 aliphatic heterocycles. The van der Waals surface area contributed by atoms with E-state index in [9.17, 15) is 18.5 Å². The fourth-order valence-corrected chi connectivity index (χ4v) is 3.76. The number of hydrogen-bond donors (Lipinski definition) is 1. The van der Waals surface area contributed by atoms with Gasteiger partial charge in [0.1, 0.15) is 5.69 Å². The number of nitrogens with two attached hydrogens (primary N) is 1. The molecule has 2 rings (SSSR count). The van der Waals surface area contributed by atoms with Crippen LogP contribution in [-0.2, 0) is 10.0 Å². The predicted molar refractivity (Wildman–Crippen MR) is 78.4 cm³/mol. The topological polar surface area (TPSA) is 110 Å². The molecule has 8 nitrogen and oxygen atoms in total. The lowest BCUT2D eigenvalue weighted by atomic mass is 10.2. The quantitative estimate of drug-likeness (QED) is 0.494. The SMILES string of the molecule is CC1CN(S(=O)(=O)c2ccc(N)c([N+](=O)[O-])c2)CCN1C. The van der Waals surface area contributed by atoms with Crippen LogP contribution in [0.2, 0.25) is 0 Å². The van der Waals surface area contributed by atoms with E-state index in [0.717, 1.165) is 6.07 Å². The fraction of sp³-hybridized carbons (Fsp3) is 0.500. The van der Waals surface area contributed by atoms with Crippen LogP contribution in [-0.4, -0.2) is 55.3 Å². The number of benzene rings is 1. The summed E-state index contributed by atoms with van der Waals surface area (Å²) in [5.74, 6) is 0. The molecule has 1 atom stereocenters. The van der Waals surface area contributed by atoms with Gasteiger partial charge in [-0.05, 0) is 26.1 Å². The number of anilines is 1. The number of nitro benzene ring substituents is 1. The summed E-state index contributed by atoms with van der Waals surface area (Å²) in [7, 11) is -1.81. The summed E-state index contributed by atoms with van der Waals surface area (Å²) in [6.45, 7) is 3.28. The zero-order valence-electron chi connectivity index (χ0n) is 11.9. The van der Waals surface area contributed by atoms with Gasteiger partial charge in [0.05, 0.1) is 9.82 Å². The largest absolute Gasteiger partial charge is 0.393 e. The normalized spacial score (nSPS) is 21.3. The number of rotatable bonds is 3. The number of nitrogens with zero attached hydrogens (tertiary/aromatic N) is 3. The number of hydrogen-bond acceptors (Lipinski definition) is 6. The molecule has 1 heterocycles. The first-order valence-electron chi connectivity index (χ1n) is 6.48. The molecular formula is C12H18N4O4S. The molecule has 0 aromatic heterocycles. The minimum atomic E-state index is -3.74. The van der Waals surface area contributed by atoms with Gasteiger partial charge in [-0.15, -0.1) is 0 Å². The van der Waals surface area contributed by atoms with Crippen LogP contribution in [0, 0.1) is 10.1 Å². The van der Waals surface area contributed by atoms with Crippen LogP contribution in [0.15, 0.2) is 23.1 Å². The molecule has 0 aliphatic carbocycles. The molecule has 0 saturated carbocycles. The van der Waals surface area contributed by atoms with Crippen LogP contribution in [0.1, 0.15) is 6.92 Å². The van der Waals surface area contributed by atoms with Crippen molar-refractivity contribution < 1.29 is 13.3 Å². The first kappa shape index (κ1) is 15.7. The minimum Gasteiger partial charge on any atom is -0.393 e. The third kappa shape index (κ3) is 2.99. The van der Waals surface area contributed by atoms with E-state index in [1.807, 2.05) is 14.0 Å². The molecule has 1 saturated heterocycles. The van der Waals surface area contributed by atoms with Crippen LogP contribution in [0.3, 0.4) is 0 Å². The fourth-order valence-electron chi connectivity index (χ4n) is 2.22. The maximum Gasteiger partial charge on any atom is 0.293 e. The van der Waals surface area contributed by atoms with Gasteiger partial charge in [0.25, 0.3) is 5.69 Å². The summed E-state index contributed by atoms with van der Waals surface area (Å²) >= 11 is 0. The third-order valence-electron chi connectivity index (χ3n) is 3.76. The Hall–Kier alpha value is -1.71. The Labute approximate surface area is 123 Å². The van der Waals surface area contributed by atoms with Crippen LogP contribution < -0.4 is 5.73 Å². The lowest BCUT2D eigenvalue weighted by molar-refractivity contribution is -0.384. The Balaban J connectivity index is 2.36. The highest BCUT2D eigenvalue weighted by Gasteiger charge is 2.32. The molecule has 0 radical (unpaired) electrons. The Bertz CT molecular complexity index is 661. The monoisotopic (exact) mass is 314 g/mol. The molecule has 1 fully saturated rings. The van der Waals surface area contributed by atoms with Gasteiger partial charge in [-0.2, -0.15) is 4.31 Å². The lowest BCUT2D eigenvalue weighted by Crippen LogP contribution is -2.51. The lowest BCUT2D eigenvalue weighted by Gasteiger charge is -2.36. The highest BCUT2D eigenvalue weighted by atomic mass is 32.2. The van der Waals surface area contributed by atoms with Crippen LogP contribution in [0.25, 0.3) is 0 Å². The predicted octanol–water partition coefficient (Wildman–Crippen LogP) is 0.502. The molecule has 21 heavy (non-hydrogen) atoms. The van der Waals surface area contributed by atoms with Crippen molar-refractivity contribution in [1.82, 2.24) is 9.21 Å². The highest BCUT2D eigenvalue weighted by molar-refractivity contribution is 7.89. The van der Waals surface area contributed by atoms with E-state index >= 15 is 0 Å². The van der Waals surface area contributed by atoms with Crippen molar-refractivity contribution in [2.45, 2.75) is 17.9 Å². The van der Waals surface area contributed by atoms with Crippen molar-refractivity contribution >= 4 is 21.4 Å². The van der Waals surface area contributed by atoms with E-state index in [1.165, 1.54) is 16.4 Å². The van der Waals surface area contributed by atoms with Gasteiger partial charge in [-0.1, -0.05) is 0 Å². The molecule has 0 spiro atoms. The number of likely N-dealkylation sites (N-methyl/N-ethyl adjacent to an activating group) is 1.